The highest BCUT2D eigenvalue weighted by Crippen LogP contribution is 2.43. The van der Waals surface area contributed by atoms with E-state index in [0.717, 1.165) is 70.6 Å². The molecule has 0 aromatic carbocycles. The first kappa shape index (κ1) is 55.8. The second-order valence-electron chi connectivity index (χ2n) is 15.4. The van der Waals surface area contributed by atoms with Gasteiger partial charge in [0.2, 0.25) is 0 Å². The quantitative estimate of drug-likeness (QED) is 0.0280. The average Bonchev–Trinajstić information content (AvgIpc) is 3.20. The summed E-state index contributed by atoms with van der Waals surface area (Å²) < 4.78 is 32.7. The zero-order valence-corrected chi connectivity index (χ0v) is 38.3. The van der Waals surface area contributed by atoms with Gasteiger partial charge in [-0.1, -0.05) is 177 Å². The van der Waals surface area contributed by atoms with Crippen LogP contribution in [-0.4, -0.2) is 42.8 Å². The second kappa shape index (κ2) is 44.3. The van der Waals surface area contributed by atoms with Gasteiger partial charge in [0.1, 0.15) is 6.61 Å². The van der Waals surface area contributed by atoms with Gasteiger partial charge in [-0.05, 0) is 84.0 Å². The van der Waals surface area contributed by atoms with E-state index in [-0.39, 0.29) is 32.0 Å². The average molecular weight is 835 g/mol. The fraction of sp³-hybridized carbons (Fsp3) is 0.755. The highest BCUT2D eigenvalue weighted by Gasteiger charge is 2.25. The third kappa shape index (κ3) is 43.3. The third-order valence-electron chi connectivity index (χ3n) is 9.81. The largest absolute Gasteiger partial charge is 0.472 e. The molecule has 0 fully saturated rings. The van der Waals surface area contributed by atoms with Gasteiger partial charge >= 0.3 is 19.8 Å². The van der Waals surface area contributed by atoms with Gasteiger partial charge in [-0.25, -0.2) is 4.57 Å². The minimum atomic E-state index is -4.29. The molecule has 336 valence electrons. The molecule has 1 N–H and O–H groups in total. The molecule has 0 saturated carbocycles. The number of unbranched alkanes of at least 4 members (excludes halogenated alkanes) is 21. The van der Waals surface area contributed by atoms with Gasteiger partial charge in [-0.15, -0.1) is 0 Å². The molecule has 0 saturated heterocycles. The van der Waals surface area contributed by atoms with E-state index in [1.807, 2.05) is 0 Å². The molecule has 2 atom stereocenters. The van der Waals surface area contributed by atoms with E-state index in [4.69, 9.17) is 18.5 Å². The molecule has 0 amide bonds. The minimum Gasteiger partial charge on any atom is -0.462 e. The summed E-state index contributed by atoms with van der Waals surface area (Å²) in [7, 11) is -4.29. The molecule has 0 bridgehead atoms. The van der Waals surface area contributed by atoms with Gasteiger partial charge in [-0.3, -0.25) is 18.6 Å². The topological polar surface area (TPSA) is 108 Å². The van der Waals surface area contributed by atoms with E-state index < -0.39 is 26.5 Å². The second-order valence-corrected chi connectivity index (χ2v) is 16.8. The van der Waals surface area contributed by atoms with Gasteiger partial charge in [0, 0.05) is 12.8 Å². The summed E-state index contributed by atoms with van der Waals surface area (Å²) >= 11 is 0. The Kier molecular flexibility index (Phi) is 42.6. The Morgan fingerprint density at radius 1 is 0.483 bits per heavy atom. The summed E-state index contributed by atoms with van der Waals surface area (Å²) in [5.74, 6) is -0.811. The molecule has 0 radical (unpaired) electrons. The SMILES string of the molecule is CC/C=C\C/C=C\C/C=C\C/C=C\CCCCCCCCCCC(=O)OC(COC(=O)CCCCCCCCC/C=C\CCCCCCCC)COP(=O)(O)OCC. The number of allylic oxidation sites excluding steroid dienone is 10. The minimum absolute atomic E-state index is 0.00402. The Bertz CT molecular complexity index is 1130. The highest BCUT2D eigenvalue weighted by atomic mass is 31.2. The normalized spacial score (nSPS) is 13.8. The van der Waals surface area contributed by atoms with Crippen molar-refractivity contribution in [1.29, 1.82) is 0 Å². The van der Waals surface area contributed by atoms with Crippen LogP contribution in [0.2, 0.25) is 0 Å². The number of phosphoric ester groups is 1. The lowest BCUT2D eigenvalue weighted by Gasteiger charge is -2.19. The van der Waals surface area contributed by atoms with E-state index in [1.54, 1.807) is 6.92 Å². The summed E-state index contributed by atoms with van der Waals surface area (Å²) in [5.41, 5.74) is 0. The number of carbonyl (C=O) groups excluding carboxylic acids is 2. The van der Waals surface area contributed by atoms with Crippen molar-refractivity contribution in [2.75, 3.05) is 19.8 Å². The van der Waals surface area contributed by atoms with E-state index in [0.29, 0.717) is 6.42 Å². The van der Waals surface area contributed by atoms with E-state index >= 15 is 0 Å². The van der Waals surface area contributed by atoms with Crippen LogP contribution in [0.4, 0.5) is 0 Å². The Balaban J connectivity index is 4.06. The van der Waals surface area contributed by atoms with Crippen LogP contribution in [0, 0.1) is 0 Å². The Morgan fingerprint density at radius 3 is 1.34 bits per heavy atom. The summed E-state index contributed by atoms with van der Waals surface area (Å²) in [6, 6.07) is 0. The Hall–Kier alpha value is -2.25. The standard InChI is InChI=1S/C49H87O8P/c1-4-7-9-11-13-15-17-19-21-23-24-25-26-28-30-32-34-36-38-40-42-44-49(51)57-47(46-56-58(52,53)55-6-3)45-54-48(50)43-41-39-37-35-33-31-29-27-22-20-18-16-14-12-10-8-5-2/h7,9,13,15,19-22,24-25,47H,4-6,8,10-12,14,16-18,23,26-46H2,1-3H3,(H,52,53)/b9-7-,15-13-,21-19-,22-20-,25-24-. The number of rotatable bonds is 43. The molecule has 0 aliphatic rings. The van der Waals surface area contributed by atoms with E-state index in [9.17, 15) is 19.0 Å². The number of esters is 2. The summed E-state index contributed by atoms with van der Waals surface area (Å²) in [6.45, 7) is 5.36. The first-order chi connectivity index (χ1) is 28.3. The summed E-state index contributed by atoms with van der Waals surface area (Å²) in [5, 5.41) is 0. The lowest BCUT2D eigenvalue weighted by molar-refractivity contribution is -0.161. The molecule has 58 heavy (non-hydrogen) atoms. The van der Waals surface area contributed by atoms with Crippen LogP contribution in [0.15, 0.2) is 60.8 Å². The Morgan fingerprint density at radius 2 is 0.879 bits per heavy atom. The van der Waals surface area contributed by atoms with E-state index in [2.05, 4.69) is 74.6 Å². The van der Waals surface area contributed by atoms with Crippen molar-refractivity contribution in [2.24, 2.45) is 0 Å². The number of phosphoric acid groups is 1. The van der Waals surface area contributed by atoms with Crippen LogP contribution < -0.4 is 0 Å². The predicted molar refractivity (Wildman–Crippen MR) is 244 cm³/mol. The van der Waals surface area contributed by atoms with Crippen LogP contribution in [0.1, 0.15) is 213 Å². The first-order valence-electron chi connectivity index (χ1n) is 23.6. The zero-order valence-electron chi connectivity index (χ0n) is 37.4. The van der Waals surface area contributed by atoms with Gasteiger partial charge in [0.05, 0.1) is 13.2 Å². The molecule has 0 heterocycles. The van der Waals surface area contributed by atoms with Crippen LogP contribution in [0.3, 0.4) is 0 Å². The van der Waals surface area contributed by atoms with Crippen molar-refractivity contribution in [3.8, 4) is 0 Å². The number of ether oxygens (including phenoxy) is 2. The fourth-order valence-electron chi connectivity index (χ4n) is 6.38. The molecule has 8 nitrogen and oxygen atoms in total. The van der Waals surface area contributed by atoms with Gasteiger partial charge in [0.25, 0.3) is 0 Å². The lowest BCUT2D eigenvalue weighted by Crippen LogP contribution is -2.29. The van der Waals surface area contributed by atoms with Crippen molar-refractivity contribution < 1.29 is 37.6 Å². The molecule has 0 rings (SSSR count). The third-order valence-corrected chi connectivity index (χ3v) is 10.9. The molecular weight excluding hydrogens is 748 g/mol. The smallest absolute Gasteiger partial charge is 0.462 e. The van der Waals surface area contributed by atoms with Crippen LogP contribution >= 0.6 is 7.82 Å². The van der Waals surface area contributed by atoms with Crippen LogP contribution in [0.5, 0.6) is 0 Å². The number of hydrogen-bond acceptors (Lipinski definition) is 7. The van der Waals surface area contributed by atoms with Crippen molar-refractivity contribution >= 4 is 19.8 Å². The highest BCUT2D eigenvalue weighted by molar-refractivity contribution is 7.47. The predicted octanol–water partition coefficient (Wildman–Crippen LogP) is 15.1. The molecule has 0 aromatic rings. The van der Waals surface area contributed by atoms with Crippen molar-refractivity contribution in [1.82, 2.24) is 0 Å². The summed E-state index contributed by atoms with van der Waals surface area (Å²) in [6.07, 6.45) is 54.1. The number of hydrogen-bond donors (Lipinski definition) is 1. The molecule has 0 aliphatic carbocycles. The van der Waals surface area contributed by atoms with Crippen molar-refractivity contribution in [3.63, 3.8) is 0 Å². The van der Waals surface area contributed by atoms with Crippen LogP contribution in [0.25, 0.3) is 0 Å². The van der Waals surface area contributed by atoms with Crippen LogP contribution in [-0.2, 0) is 32.7 Å². The molecule has 0 aromatic heterocycles. The zero-order chi connectivity index (χ0) is 42.5. The van der Waals surface area contributed by atoms with Crippen molar-refractivity contribution in [2.45, 2.75) is 219 Å². The Labute approximate surface area is 356 Å². The van der Waals surface area contributed by atoms with Gasteiger partial charge in [0.15, 0.2) is 6.10 Å². The molecule has 2 unspecified atom stereocenters. The lowest BCUT2D eigenvalue weighted by atomic mass is 10.1. The van der Waals surface area contributed by atoms with Gasteiger partial charge in [-0.2, -0.15) is 0 Å². The maximum Gasteiger partial charge on any atom is 0.472 e. The van der Waals surface area contributed by atoms with Gasteiger partial charge < -0.3 is 14.4 Å². The molecule has 9 heteroatoms. The first-order valence-corrected chi connectivity index (χ1v) is 25.1. The monoisotopic (exact) mass is 835 g/mol. The number of carbonyl (C=O) groups is 2. The molecule has 0 aliphatic heterocycles. The fourth-order valence-corrected chi connectivity index (χ4v) is 7.14. The van der Waals surface area contributed by atoms with E-state index in [1.165, 1.54) is 103 Å². The summed E-state index contributed by atoms with van der Waals surface area (Å²) in [4.78, 5) is 34.9. The van der Waals surface area contributed by atoms with Crippen molar-refractivity contribution in [3.05, 3.63) is 60.8 Å². The molecular formula is C49H87O8P. The maximum absolute atomic E-state index is 12.6. The maximum atomic E-state index is 12.6. The molecule has 0 spiro atoms.